The van der Waals surface area contributed by atoms with Crippen LogP contribution in [0.25, 0.3) is 11.1 Å². The van der Waals surface area contributed by atoms with Crippen molar-refractivity contribution in [1.29, 1.82) is 0 Å². The summed E-state index contributed by atoms with van der Waals surface area (Å²) in [6, 6.07) is 16.8. The van der Waals surface area contributed by atoms with Crippen LogP contribution >= 0.6 is 0 Å². The first kappa shape index (κ1) is 28.2. The van der Waals surface area contributed by atoms with Crippen molar-refractivity contribution in [2.24, 2.45) is 11.3 Å². The maximum atomic E-state index is 15.1. The first-order valence-electron chi connectivity index (χ1n) is 14.1. The molecular weight excluding hydrogens is 507 g/mol. The van der Waals surface area contributed by atoms with Crippen LogP contribution in [0.4, 0.5) is 4.39 Å². The summed E-state index contributed by atoms with van der Waals surface area (Å²) < 4.78 is 32.7. The van der Waals surface area contributed by atoms with Crippen LogP contribution in [0.3, 0.4) is 0 Å². The van der Waals surface area contributed by atoms with E-state index >= 15 is 4.39 Å². The fourth-order valence-corrected chi connectivity index (χ4v) is 6.79. The van der Waals surface area contributed by atoms with E-state index in [2.05, 4.69) is 32.9 Å². The number of ether oxygens (including phenoxy) is 3. The van der Waals surface area contributed by atoms with Gasteiger partial charge in [0, 0.05) is 18.1 Å². The average molecular weight is 547 g/mol. The van der Waals surface area contributed by atoms with E-state index in [1.54, 1.807) is 26.4 Å². The minimum absolute atomic E-state index is 0.241. The van der Waals surface area contributed by atoms with Crippen LogP contribution in [0.5, 0.6) is 11.5 Å². The lowest BCUT2D eigenvalue weighted by molar-refractivity contribution is -0.150. The predicted octanol–water partition coefficient (Wildman–Crippen LogP) is 7.88. The molecule has 2 aliphatic rings. The summed E-state index contributed by atoms with van der Waals surface area (Å²) in [6.07, 6.45) is 4.27. The second kappa shape index (κ2) is 10.9. The SMILES string of the molecule is COc1ccc(F)c(-c2ccc(COc3ccc4c(c3)[C@]3(CCC4)CC[C@H]3C(=O)O)cc2[C@@H](OC)C(C)(C)C)c1. The Balaban J connectivity index is 1.47. The number of carbonyl (C=O) groups is 1. The Morgan fingerprint density at radius 2 is 1.80 bits per heavy atom. The van der Waals surface area contributed by atoms with Gasteiger partial charge in [-0.25, -0.2) is 4.39 Å². The highest BCUT2D eigenvalue weighted by molar-refractivity contribution is 5.75. The molecule has 3 aromatic carbocycles. The van der Waals surface area contributed by atoms with E-state index in [0.717, 1.165) is 60.1 Å². The number of carboxylic acid groups (broad SMARTS) is 1. The Morgan fingerprint density at radius 3 is 2.45 bits per heavy atom. The van der Waals surface area contributed by atoms with Crippen molar-refractivity contribution in [3.05, 3.63) is 82.7 Å². The molecule has 40 heavy (non-hydrogen) atoms. The topological polar surface area (TPSA) is 65.0 Å². The van der Waals surface area contributed by atoms with Gasteiger partial charge in [0.2, 0.25) is 0 Å². The first-order valence-corrected chi connectivity index (χ1v) is 14.1. The monoisotopic (exact) mass is 546 g/mol. The number of rotatable bonds is 8. The number of hydrogen-bond acceptors (Lipinski definition) is 4. The Labute approximate surface area is 236 Å². The minimum atomic E-state index is -0.697. The standard InChI is InChI=1S/C34H39FO5/c1-33(2,3)31(39-5)27-17-21(8-12-25(27)26-18-23(38-4)11-13-30(26)35)20-40-24-10-9-22-7-6-15-34(29(22)19-24)16-14-28(34)32(36)37/h8-13,17-19,28,31H,6-7,14-16,20H2,1-5H3,(H,36,37)/t28-,31+,34+/m0/s1. The molecule has 0 heterocycles. The van der Waals surface area contributed by atoms with E-state index in [1.807, 2.05) is 24.3 Å². The molecule has 6 heteroatoms. The molecule has 3 atom stereocenters. The lowest BCUT2D eigenvalue weighted by atomic mass is 9.52. The third-order valence-corrected chi connectivity index (χ3v) is 8.82. The van der Waals surface area contributed by atoms with Crippen molar-refractivity contribution < 1.29 is 28.5 Å². The van der Waals surface area contributed by atoms with Crippen molar-refractivity contribution in [1.82, 2.24) is 0 Å². The molecule has 2 aliphatic carbocycles. The second-order valence-corrected chi connectivity index (χ2v) is 12.3. The molecular formula is C34H39FO5. The molecule has 3 aromatic rings. The number of benzene rings is 3. The number of aryl methyl sites for hydroxylation is 1. The first-order chi connectivity index (χ1) is 19.1. The lowest BCUT2D eigenvalue weighted by Crippen LogP contribution is -2.50. The fraction of sp³-hybridized carbons (Fsp3) is 0.441. The van der Waals surface area contributed by atoms with Crippen molar-refractivity contribution >= 4 is 5.97 Å². The zero-order chi connectivity index (χ0) is 28.7. The van der Waals surface area contributed by atoms with E-state index in [9.17, 15) is 9.90 Å². The number of hydrogen-bond donors (Lipinski definition) is 1. The molecule has 0 saturated heterocycles. The van der Waals surface area contributed by atoms with Crippen LogP contribution in [-0.2, 0) is 28.0 Å². The normalized spacial score (nSPS) is 20.9. The molecule has 5 rings (SSSR count). The van der Waals surface area contributed by atoms with Gasteiger partial charge in [0.15, 0.2) is 0 Å². The third kappa shape index (κ3) is 5.10. The van der Waals surface area contributed by atoms with Gasteiger partial charge >= 0.3 is 5.97 Å². The highest BCUT2D eigenvalue weighted by Gasteiger charge is 2.53. The van der Waals surface area contributed by atoms with Crippen LogP contribution in [0.15, 0.2) is 54.6 Å². The highest BCUT2D eigenvalue weighted by Crippen LogP contribution is 2.56. The number of fused-ring (bicyclic) bond motifs is 2. The molecule has 1 saturated carbocycles. The van der Waals surface area contributed by atoms with Gasteiger partial charge in [-0.3, -0.25) is 4.79 Å². The van der Waals surface area contributed by atoms with Crippen molar-refractivity contribution in [2.75, 3.05) is 14.2 Å². The van der Waals surface area contributed by atoms with Crippen LogP contribution in [0, 0.1) is 17.2 Å². The Kier molecular flexibility index (Phi) is 7.66. The zero-order valence-electron chi connectivity index (χ0n) is 24.1. The van der Waals surface area contributed by atoms with Gasteiger partial charge in [0.1, 0.15) is 23.9 Å². The van der Waals surface area contributed by atoms with E-state index in [4.69, 9.17) is 14.2 Å². The summed E-state index contributed by atoms with van der Waals surface area (Å²) in [7, 11) is 3.25. The van der Waals surface area contributed by atoms with Gasteiger partial charge in [-0.05, 0) is 102 Å². The van der Waals surface area contributed by atoms with Gasteiger partial charge in [-0.2, -0.15) is 0 Å². The van der Waals surface area contributed by atoms with E-state index in [-0.39, 0.29) is 28.7 Å². The van der Waals surface area contributed by atoms with Gasteiger partial charge < -0.3 is 19.3 Å². The third-order valence-electron chi connectivity index (χ3n) is 8.82. The summed E-state index contributed by atoms with van der Waals surface area (Å²) in [5.74, 6) is -0.0243. The summed E-state index contributed by atoms with van der Waals surface area (Å²) in [6.45, 7) is 6.63. The number of methoxy groups -OCH3 is 2. The molecule has 0 radical (unpaired) electrons. The van der Waals surface area contributed by atoms with Crippen molar-refractivity contribution in [3.63, 3.8) is 0 Å². The number of halogens is 1. The average Bonchev–Trinajstić information content (AvgIpc) is 2.90. The highest BCUT2D eigenvalue weighted by atomic mass is 19.1. The summed E-state index contributed by atoms with van der Waals surface area (Å²) in [4.78, 5) is 12.0. The van der Waals surface area contributed by atoms with Gasteiger partial charge in [0.05, 0.1) is 19.1 Å². The van der Waals surface area contributed by atoms with Crippen LogP contribution in [0.2, 0.25) is 0 Å². The fourth-order valence-electron chi connectivity index (χ4n) is 6.79. The number of carboxylic acids is 1. The predicted molar refractivity (Wildman–Crippen MR) is 153 cm³/mol. The van der Waals surface area contributed by atoms with Crippen LogP contribution in [0.1, 0.15) is 74.8 Å². The molecule has 1 N–H and O–H groups in total. The summed E-state index contributed by atoms with van der Waals surface area (Å²) in [5, 5.41) is 9.83. The maximum Gasteiger partial charge on any atom is 0.307 e. The molecule has 1 spiro atoms. The van der Waals surface area contributed by atoms with Crippen molar-refractivity contribution in [2.45, 2.75) is 71.0 Å². The number of aliphatic carboxylic acids is 1. The van der Waals surface area contributed by atoms with Gasteiger partial charge in [-0.15, -0.1) is 0 Å². The van der Waals surface area contributed by atoms with E-state index in [0.29, 0.717) is 17.9 Å². The van der Waals surface area contributed by atoms with Gasteiger partial charge in [-0.1, -0.05) is 39.0 Å². The molecule has 0 unspecified atom stereocenters. The van der Waals surface area contributed by atoms with E-state index in [1.165, 1.54) is 11.6 Å². The summed E-state index contributed by atoms with van der Waals surface area (Å²) >= 11 is 0. The molecule has 5 nitrogen and oxygen atoms in total. The second-order valence-electron chi connectivity index (χ2n) is 12.3. The largest absolute Gasteiger partial charge is 0.497 e. The smallest absolute Gasteiger partial charge is 0.307 e. The quantitative estimate of drug-likeness (QED) is 0.311. The lowest BCUT2D eigenvalue weighted by Gasteiger charge is -2.51. The molecule has 0 aromatic heterocycles. The molecule has 212 valence electrons. The summed E-state index contributed by atoms with van der Waals surface area (Å²) in [5.41, 5.74) is 4.90. The zero-order valence-corrected chi connectivity index (χ0v) is 24.1. The molecule has 0 bridgehead atoms. The van der Waals surface area contributed by atoms with Gasteiger partial charge in [0.25, 0.3) is 0 Å². The molecule has 0 aliphatic heterocycles. The van der Waals surface area contributed by atoms with Crippen LogP contribution < -0.4 is 9.47 Å². The minimum Gasteiger partial charge on any atom is -0.497 e. The van der Waals surface area contributed by atoms with E-state index < -0.39 is 5.97 Å². The molecule has 1 fully saturated rings. The Hall–Kier alpha value is -3.38. The Morgan fingerprint density at radius 1 is 1.02 bits per heavy atom. The maximum absolute atomic E-state index is 15.1. The van der Waals surface area contributed by atoms with Crippen molar-refractivity contribution in [3.8, 4) is 22.6 Å². The Bertz CT molecular complexity index is 1410. The van der Waals surface area contributed by atoms with Crippen LogP contribution in [-0.4, -0.2) is 25.3 Å². The molecule has 0 amide bonds.